The number of aliphatic hydroxyl groups excluding tert-OH is 3. The van der Waals surface area contributed by atoms with Crippen LogP contribution in [0.15, 0.2) is 0 Å². The minimum atomic E-state index is -2.37. The van der Waals surface area contributed by atoms with E-state index in [0.29, 0.717) is 0 Å². The van der Waals surface area contributed by atoms with E-state index < -0.39 is 36.2 Å². The molecule has 7 heteroatoms. The van der Waals surface area contributed by atoms with E-state index >= 15 is 0 Å². The molecule has 1 fully saturated rings. The maximum absolute atomic E-state index is 10.8. The zero-order chi connectivity index (χ0) is 11.8. The molecule has 0 aromatic rings. The number of nitrogens with one attached hydrogen (secondary N) is 1. The fraction of sp³-hybridized carbons (Fsp3) is 0.875. The van der Waals surface area contributed by atoms with Crippen molar-refractivity contribution >= 4 is 5.91 Å². The van der Waals surface area contributed by atoms with E-state index in [4.69, 9.17) is 4.74 Å². The molecule has 0 spiro atoms. The lowest BCUT2D eigenvalue weighted by atomic mass is 9.97. The highest BCUT2D eigenvalue weighted by molar-refractivity contribution is 5.73. The van der Waals surface area contributed by atoms with Crippen LogP contribution in [-0.2, 0) is 9.53 Å². The Morgan fingerprint density at radius 2 is 1.87 bits per heavy atom. The van der Waals surface area contributed by atoms with Crippen LogP contribution in [0.1, 0.15) is 13.8 Å². The monoisotopic (exact) mass is 221 g/mol. The van der Waals surface area contributed by atoms with Crippen LogP contribution in [0.25, 0.3) is 0 Å². The fourth-order valence-electron chi connectivity index (χ4n) is 1.47. The van der Waals surface area contributed by atoms with Gasteiger partial charge in [0.1, 0.15) is 12.2 Å². The molecule has 1 heterocycles. The van der Waals surface area contributed by atoms with Gasteiger partial charge in [0.2, 0.25) is 5.91 Å². The predicted molar refractivity (Wildman–Crippen MR) is 47.3 cm³/mol. The maximum atomic E-state index is 10.8. The molecule has 1 rings (SSSR count). The molecule has 1 saturated heterocycles. The Morgan fingerprint density at radius 1 is 1.33 bits per heavy atom. The van der Waals surface area contributed by atoms with Crippen LogP contribution < -0.4 is 5.32 Å². The van der Waals surface area contributed by atoms with Crippen molar-refractivity contribution in [2.75, 3.05) is 0 Å². The Hall–Kier alpha value is -0.730. The quantitative estimate of drug-likeness (QED) is 0.307. The van der Waals surface area contributed by atoms with Crippen LogP contribution in [0.5, 0.6) is 0 Å². The molecule has 0 aromatic heterocycles. The molecule has 0 unspecified atom stereocenters. The van der Waals surface area contributed by atoms with Gasteiger partial charge < -0.3 is 30.5 Å². The number of carbonyl (C=O) groups is 1. The Morgan fingerprint density at radius 3 is 2.33 bits per heavy atom. The zero-order valence-corrected chi connectivity index (χ0v) is 8.41. The molecule has 0 bridgehead atoms. The molecule has 7 nitrogen and oxygen atoms in total. The van der Waals surface area contributed by atoms with Gasteiger partial charge in [-0.2, -0.15) is 0 Å². The standard InChI is InChI=1S/C8H15NO6/c1-3-5(11)6(12)7(13)8(14,15-3)9-4(2)10/h3,5-7,11-14H,1-2H3,(H,9,10)/t3-,5-,6+,7+,8+/m0/s1. The van der Waals surface area contributed by atoms with Crippen LogP contribution in [0.3, 0.4) is 0 Å². The minimum absolute atomic E-state index is 0.632. The van der Waals surface area contributed by atoms with Gasteiger partial charge in [0.15, 0.2) is 6.10 Å². The highest BCUT2D eigenvalue weighted by atomic mass is 16.7. The van der Waals surface area contributed by atoms with Gasteiger partial charge in [-0.05, 0) is 6.92 Å². The van der Waals surface area contributed by atoms with Crippen LogP contribution in [-0.4, -0.2) is 56.7 Å². The molecule has 0 saturated carbocycles. The van der Waals surface area contributed by atoms with Crippen LogP contribution in [0.4, 0.5) is 0 Å². The van der Waals surface area contributed by atoms with Crippen molar-refractivity contribution in [2.45, 2.75) is 44.2 Å². The highest BCUT2D eigenvalue weighted by Gasteiger charge is 2.52. The smallest absolute Gasteiger partial charge is 0.279 e. The summed E-state index contributed by atoms with van der Waals surface area (Å²) in [6.07, 6.45) is -5.65. The summed E-state index contributed by atoms with van der Waals surface area (Å²) in [5, 5.41) is 39.8. The summed E-state index contributed by atoms with van der Waals surface area (Å²) < 4.78 is 4.84. The van der Waals surface area contributed by atoms with Gasteiger partial charge in [0, 0.05) is 6.92 Å². The van der Waals surface area contributed by atoms with E-state index in [1.165, 1.54) is 6.92 Å². The number of ether oxygens (including phenoxy) is 1. The van der Waals surface area contributed by atoms with E-state index in [1.54, 1.807) is 0 Å². The molecular formula is C8H15NO6. The van der Waals surface area contributed by atoms with Gasteiger partial charge in [-0.25, -0.2) is 0 Å². The first kappa shape index (κ1) is 12.3. The number of rotatable bonds is 1. The first-order valence-electron chi connectivity index (χ1n) is 4.51. The zero-order valence-electron chi connectivity index (χ0n) is 8.41. The number of hydrogen-bond donors (Lipinski definition) is 5. The normalized spacial score (nSPS) is 46.3. The third-order valence-electron chi connectivity index (χ3n) is 2.28. The van der Waals surface area contributed by atoms with Crippen LogP contribution in [0, 0.1) is 0 Å². The molecular weight excluding hydrogens is 206 g/mol. The van der Waals surface area contributed by atoms with Crippen molar-refractivity contribution < 1.29 is 30.0 Å². The molecule has 1 aliphatic rings. The molecule has 15 heavy (non-hydrogen) atoms. The van der Waals surface area contributed by atoms with Crippen molar-refractivity contribution in [1.82, 2.24) is 5.32 Å². The second-order valence-corrected chi connectivity index (χ2v) is 3.63. The van der Waals surface area contributed by atoms with E-state index in [1.807, 2.05) is 5.32 Å². The van der Waals surface area contributed by atoms with Crippen molar-refractivity contribution in [3.05, 3.63) is 0 Å². The van der Waals surface area contributed by atoms with Gasteiger partial charge in [-0.1, -0.05) is 0 Å². The van der Waals surface area contributed by atoms with Gasteiger partial charge in [0.05, 0.1) is 6.10 Å². The molecule has 88 valence electrons. The molecule has 5 N–H and O–H groups in total. The third kappa shape index (κ3) is 2.27. The first-order valence-corrected chi connectivity index (χ1v) is 4.51. The second-order valence-electron chi connectivity index (χ2n) is 3.63. The summed E-state index contributed by atoms with van der Waals surface area (Å²) in [6, 6.07) is 0. The van der Waals surface area contributed by atoms with Gasteiger partial charge in [0.25, 0.3) is 5.91 Å². The number of hydrogen-bond acceptors (Lipinski definition) is 6. The topological polar surface area (TPSA) is 119 Å². The first-order chi connectivity index (χ1) is 6.78. The van der Waals surface area contributed by atoms with Gasteiger partial charge >= 0.3 is 0 Å². The van der Waals surface area contributed by atoms with E-state index in [2.05, 4.69) is 0 Å². The Balaban J connectivity index is 2.85. The third-order valence-corrected chi connectivity index (χ3v) is 2.28. The Labute approximate surface area is 86.3 Å². The van der Waals surface area contributed by atoms with Crippen LogP contribution in [0.2, 0.25) is 0 Å². The average Bonchev–Trinajstić information content (AvgIpc) is 2.10. The summed E-state index contributed by atoms with van der Waals surface area (Å²) in [4.78, 5) is 10.8. The maximum Gasteiger partial charge on any atom is 0.279 e. The van der Waals surface area contributed by atoms with E-state index in [0.717, 1.165) is 6.92 Å². The molecule has 5 atom stereocenters. The Kier molecular flexibility index (Phi) is 3.31. The van der Waals surface area contributed by atoms with Gasteiger partial charge in [-0.3, -0.25) is 4.79 Å². The summed E-state index contributed by atoms with van der Waals surface area (Å²) in [5.41, 5.74) is 0. The van der Waals surface area contributed by atoms with Crippen molar-refractivity contribution in [1.29, 1.82) is 0 Å². The predicted octanol–water partition coefficient (Wildman–Crippen LogP) is -2.73. The fourth-order valence-corrected chi connectivity index (χ4v) is 1.47. The number of amides is 1. The van der Waals surface area contributed by atoms with Crippen LogP contribution >= 0.6 is 0 Å². The number of aliphatic hydroxyl groups is 4. The Bertz CT molecular complexity index is 260. The minimum Gasteiger partial charge on any atom is -0.388 e. The molecule has 0 aromatic carbocycles. The summed E-state index contributed by atoms with van der Waals surface area (Å²) in [5.74, 6) is -3.00. The van der Waals surface area contributed by atoms with E-state index in [9.17, 15) is 25.2 Å². The average molecular weight is 221 g/mol. The largest absolute Gasteiger partial charge is 0.388 e. The second kappa shape index (κ2) is 4.03. The summed E-state index contributed by atoms with van der Waals surface area (Å²) in [7, 11) is 0. The summed E-state index contributed by atoms with van der Waals surface area (Å²) in [6.45, 7) is 2.52. The molecule has 1 amide bonds. The molecule has 1 aliphatic heterocycles. The lowest BCUT2D eigenvalue weighted by Gasteiger charge is -2.44. The molecule has 0 aliphatic carbocycles. The van der Waals surface area contributed by atoms with Crippen molar-refractivity contribution in [2.24, 2.45) is 0 Å². The van der Waals surface area contributed by atoms with Crippen molar-refractivity contribution in [3.8, 4) is 0 Å². The molecule has 0 radical (unpaired) electrons. The summed E-state index contributed by atoms with van der Waals surface area (Å²) >= 11 is 0. The van der Waals surface area contributed by atoms with Gasteiger partial charge in [-0.15, -0.1) is 0 Å². The number of carbonyl (C=O) groups excluding carboxylic acids is 1. The highest BCUT2D eigenvalue weighted by Crippen LogP contribution is 2.25. The SMILES string of the molecule is CC(=O)N[C@]1(O)O[C@@H](C)[C@H](O)[C@@H](O)[C@H]1O. The lowest BCUT2D eigenvalue weighted by molar-refractivity contribution is -0.351. The lowest BCUT2D eigenvalue weighted by Crippen LogP contribution is -2.70. The van der Waals surface area contributed by atoms with Crippen molar-refractivity contribution in [3.63, 3.8) is 0 Å². The van der Waals surface area contributed by atoms with E-state index in [-0.39, 0.29) is 0 Å².